The standard InChI is InChI=1S/C19H28N2O4/c1-19(2,3)25-18(24)20-16-6-4-5-14(13-16)7-10-21-11-8-15(9-12-21)17(22)23/h4-6,13,15H,7-12H2,1-3H3,(H,20,24)(H,22,23). The molecule has 0 bridgehead atoms. The zero-order chi connectivity index (χ0) is 18.4. The summed E-state index contributed by atoms with van der Waals surface area (Å²) >= 11 is 0. The molecule has 1 aliphatic heterocycles. The van der Waals surface area contributed by atoms with Crippen molar-refractivity contribution in [1.82, 2.24) is 4.90 Å². The van der Waals surface area contributed by atoms with Crippen molar-refractivity contribution < 1.29 is 19.4 Å². The summed E-state index contributed by atoms with van der Waals surface area (Å²) in [6, 6.07) is 7.74. The average Bonchev–Trinajstić information content (AvgIpc) is 2.52. The van der Waals surface area contributed by atoms with E-state index >= 15 is 0 Å². The van der Waals surface area contributed by atoms with Crippen LogP contribution in [0, 0.1) is 5.92 Å². The maximum Gasteiger partial charge on any atom is 0.412 e. The molecule has 1 heterocycles. The van der Waals surface area contributed by atoms with E-state index in [4.69, 9.17) is 9.84 Å². The number of hydrogen-bond donors (Lipinski definition) is 2. The Labute approximate surface area is 149 Å². The smallest absolute Gasteiger partial charge is 0.412 e. The number of nitrogens with one attached hydrogen (secondary N) is 1. The highest BCUT2D eigenvalue weighted by Crippen LogP contribution is 2.18. The first-order valence-electron chi connectivity index (χ1n) is 8.77. The summed E-state index contributed by atoms with van der Waals surface area (Å²) in [5.41, 5.74) is 1.33. The highest BCUT2D eigenvalue weighted by atomic mass is 16.6. The minimum atomic E-state index is -0.680. The summed E-state index contributed by atoms with van der Waals surface area (Å²) in [6.07, 6.45) is 1.84. The van der Waals surface area contributed by atoms with Crippen LogP contribution in [0.3, 0.4) is 0 Å². The summed E-state index contributed by atoms with van der Waals surface area (Å²) in [5.74, 6) is -0.877. The van der Waals surface area contributed by atoms with E-state index < -0.39 is 17.7 Å². The number of carboxylic acids is 1. The van der Waals surface area contributed by atoms with Gasteiger partial charge in [0.15, 0.2) is 0 Å². The van der Waals surface area contributed by atoms with E-state index in [9.17, 15) is 9.59 Å². The lowest BCUT2D eigenvalue weighted by Gasteiger charge is -2.30. The number of aliphatic carboxylic acids is 1. The highest BCUT2D eigenvalue weighted by Gasteiger charge is 2.24. The zero-order valence-electron chi connectivity index (χ0n) is 15.2. The van der Waals surface area contributed by atoms with Crippen molar-refractivity contribution in [2.24, 2.45) is 5.92 Å². The first kappa shape index (κ1) is 19.2. The van der Waals surface area contributed by atoms with Gasteiger partial charge in [-0.1, -0.05) is 12.1 Å². The minimum absolute atomic E-state index is 0.197. The Balaban J connectivity index is 1.81. The van der Waals surface area contributed by atoms with E-state index in [0.29, 0.717) is 0 Å². The lowest BCUT2D eigenvalue weighted by atomic mass is 9.97. The summed E-state index contributed by atoms with van der Waals surface area (Å²) in [4.78, 5) is 25.1. The molecule has 1 amide bonds. The molecule has 6 heteroatoms. The van der Waals surface area contributed by atoms with Gasteiger partial charge >= 0.3 is 12.1 Å². The number of likely N-dealkylation sites (tertiary alicyclic amines) is 1. The Kier molecular flexibility index (Phi) is 6.42. The SMILES string of the molecule is CC(C)(C)OC(=O)Nc1cccc(CCN2CCC(C(=O)O)CC2)c1. The van der Waals surface area contributed by atoms with Crippen LogP contribution in [-0.4, -0.2) is 47.3 Å². The fourth-order valence-electron chi connectivity index (χ4n) is 2.92. The number of benzene rings is 1. The number of ether oxygens (including phenoxy) is 1. The number of carboxylic acid groups (broad SMARTS) is 1. The maximum atomic E-state index is 11.8. The Morgan fingerprint density at radius 3 is 2.56 bits per heavy atom. The third-order valence-electron chi connectivity index (χ3n) is 4.23. The van der Waals surface area contributed by atoms with Crippen LogP contribution >= 0.6 is 0 Å². The van der Waals surface area contributed by atoms with E-state index in [1.165, 1.54) is 0 Å². The molecule has 138 valence electrons. The lowest BCUT2D eigenvalue weighted by Crippen LogP contribution is -2.37. The van der Waals surface area contributed by atoms with Crippen LogP contribution in [0.5, 0.6) is 0 Å². The van der Waals surface area contributed by atoms with Gasteiger partial charge in [-0.15, -0.1) is 0 Å². The van der Waals surface area contributed by atoms with Crippen molar-refractivity contribution >= 4 is 17.7 Å². The van der Waals surface area contributed by atoms with E-state index in [1.54, 1.807) is 0 Å². The van der Waals surface area contributed by atoms with Crippen LogP contribution in [0.2, 0.25) is 0 Å². The monoisotopic (exact) mass is 348 g/mol. The second kappa shape index (κ2) is 8.34. The first-order chi connectivity index (χ1) is 11.7. The van der Waals surface area contributed by atoms with Crippen molar-refractivity contribution in [3.05, 3.63) is 29.8 Å². The quantitative estimate of drug-likeness (QED) is 0.853. The number of rotatable bonds is 5. The Hall–Kier alpha value is -2.08. The molecule has 1 fully saturated rings. The summed E-state index contributed by atoms with van der Waals surface area (Å²) in [5, 5.41) is 11.8. The fraction of sp³-hybridized carbons (Fsp3) is 0.579. The number of piperidine rings is 1. The second-order valence-electron chi connectivity index (χ2n) is 7.53. The molecule has 0 saturated carbocycles. The minimum Gasteiger partial charge on any atom is -0.481 e. The van der Waals surface area contributed by atoms with Crippen LogP contribution in [0.25, 0.3) is 0 Å². The number of anilines is 1. The van der Waals surface area contributed by atoms with Gasteiger partial charge in [0.25, 0.3) is 0 Å². The van der Waals surface area contributed by atoms with Crippen LogP contribution in [0.15, 0.2) is 24.3 Å². The van der Waals surface area contributed by atoms with Crippen LogP contribution in [-0.2, 0) is 16.0 Å². The molecular formula is C19H28N2O4. The largest absolute Gasteiger partial charge is 0.481 e. The molecule has 1 aromatic rings. The molecule has 0 aliphatic carbocycles. The molecule has 0 spiro atoms. The molecule has 0 unspecified atom stereocenters. The van der Waals surface area contributed by atoms with Gasteiger partial charge in [-0.3, -0.25) is 10.1 Å². The average molecular weight is 348 g/mol. The molecule has 1 aromatic carbocycles. The van der Waals surface area contributed by atoms with Crippen LogP contribution in [0.1, 0.15) is 39.2 Å². The zero-order valence-corrected chi connectivity index (χ0v) is 15.2. The van der Waals surface area contributed by atoms with Gasteiger partial charge in [0.2, 0.25) is 0 Å². The molecule has 0 aromatic heterocycles. The van der Waals surface area contributed by atoms with E-state index in [2.05, 4.69) is 10.2 Å². The van der Waals surface area contributed by atoms with Gasteiger partial charge in [-0.2, -0.15) is 0 Å². The predicted octanol–water partition coefficient (Wildman–Crippen LogP) is 3.37. The molecule has 0 radical (unpaired) electrons. The topological polar surface area (TPSA) is 78.9 Å². The molecule has 2 rings (SSSR count). The van der Waals surface area contributed by atoms with Gasteiger partial charge in [-0.25, -0.2) is 4.79 Å². The summed E-state index contributed by atoms with van der Waals surface area (Å²) in [7, 11) is 0. The van der Waals surface area contributed by atoms with Crippen molar-refractivity contribution in [2.45, 2.75) is 45.6 Å². The van der Waals surface area contributed by atoms with Gasteiger partial charge in [0.1, 0.15) is 5.60 Å². The molecule has 1 aliphatic rings. The number of hydrogen-bond acceptors (Lipinski definition) is 4. The highest BCUT2D eigenvalue weighted by molar-refractivity contribution is 5.84. The van der Waals surface area contributed by atoms with E-state index in [-0.39, 0.29) is 5.92 Å². The van der Waals surface area contributed by atoms with Crippen molar-refractivity contribution in [3.63, 3.8) is 0 Å². The predicted molar refractivity (Wildman–Crippen MR) is 96.8 cm³/mol. The normalized spacial score (nSPS) is 16.4. The van der Waals surface area contributed by atoms with Crippen molar-refractivity contribution in [1.29, 1.82) is 0 Å². The van der Waals surface area contributed by atoms with Gasteiger partial charge in [0.05, 0.1) is 5.92 Å². The molecule has 0 atom stereocenters. The maximum absolute atomic E-state index is 11.8. The third kappa shape index (κ3) is 6.74. The third-order valence-corrected chi connectivity index (χ3v) is 4.23. The summed E-state index contributed by atoms with van der Waals surface area (Å²) in [6.45, 7) is 8.03. The second-order valence-corrected chi connectivity index (χ2v) is 7.53. The first-order valence-corrected chi connectivity index (χ1v) is 8.77. The molecule has 6 nitrogen and oxygen atoms in total. The number of amides is 1. The Bertz CT molecular complexity index is 602. The number of carbonyl (C=O) groups is 2. The Morgan fingerprint density at radius 1 is 1.28 bits per heavy atom. The van der Waals surface area contributed by atoms with Gasteiger partial charge in [0, 0.05) is 12.2 Å². The molecule has 25 heavy (non-hydrogen) atoms. The number of carbonyl (C=O) groups excluding carboxylic acids is 1. The van der Waals surface area contributed by atoms with Crippen molar-refractivity contribution in [3.8, 4) is 0 Å². The van der Waals surface area contributed by atoms with Crippen molar-refractivity contribution in [2.75, 3.05) is 25.0 Å². The Morgan fingerprint density at radius 2 is 1.96 bits per heavy atom. The molecule has 2 N–H and O–H groups in total. The van der Waals surface area contributed by atoms with Crippen LogP contribution < -0.4 is 5.32 Å². The van der Waals surface area contributed by atoms with Gasteiger partial charge < -0.3 is 14.7 Å². The summed E-state index contributed by atoms with van der Waals surface area (Å²) < 4.78 is 5.26. The fourth-order valence-corrected chi connectivity index (χ4v) is 2.92. The molecule has 1 saturated heterocycles. The van der Waals surface area contributed by atoms with E-state index in [0.717, 1.165) is 50.1 Å². The number of nitrogens with zero attached hydrogens (tertiary/aromatic N) is 1. The van der Waals surface area contributed by atoms with Crippen LogP contribution in [0.4, 0.5) is 10.5 Å². The van der Waals surface area contributed by atoms with Gasteiger partial charge in [-0.05, 0) is 70.8 Å². The molecular weight excluding hydrogens is 320 g/mol. The van der Waals surface area contributed by atoms with E-state index in [1.807, 2.05) is 45.0 Å². The lowest BCUT2D eigenvalue weighted by molar-refractivity contribution is -0.143.